The van der Waals surface area contributed by atoms with Gasteiger partial charge in [0.2, 0.25) is 0 Å². The van der Waals surface area contributed by atoms with E-state index in [0.717, 1.165) is 0 Å². The number of nitro groups is 1. The first kappa shape index (κ1) is 13.7. The first-order chi connectivity index (χ1) is 7.78. The van der Waals surface area contributed by atoms with E-state index in [1.807, 2.05) is 13.8 Å². The minimum absolute atomic E-state index is 0.00780. The second-order valence-corrected chi connectivity index (χ2v) is 4.94. The summed E-state index contributed by atoms with van der Waals surface area (Å²) in [7, 11) is 0. The summed E-state index contributed by atoms with van der Waals surface area (Å²) >= 11 is 5.97. The normalized spacial score (nSPS) is 11.4. The average molecular weight is 258 g/mol. The lowest BCUT2D eigenvalue weighted by Gasteiger charge is -2.26. The highest BCUT2D eigenvalue weighted by Gasteiger charge is 2.23. The van der Waals surface area contributed by atoms with Crippen molar-refractivity contribution in [2.45, 2.75) is 26.3 Å². The molecule has 0 fully saturated rings. The largest absolute Gasteiger partial charge is 0.373 e. The molecule has 0 atom stereocenters. The van der Waals surface area contributed by atoms with E-state index < -0.39 is 10.5 Å². The topological polar surface area (TPSA) is 81.2 Å². The number of nitrogens with one attached hydrogen (secondary N) is 1. The van der Waals surface area contributed by atoms with Crippen LogP contribution in [0.15, 0.2) is 12.1 Å². The molecule has 94 valence electrons. The lowest BCUT2D eigenvalue weighted by Crippen LogP contribution is -2.39. The van der Waals surface area contributed by atoms with Crippen LogP contribution in [0.2, 0.25) is 5.02 Å². The zero-order valence-electron chi connectivity index (χ0n) is 10.1. The van der Waals surface area contributed by atoms with Crippen molar-refractivity contribution in [1.29, 1.82) is 0 Å². The molecule has 6 heteroatoms. The van der Waals surface area contributed by atoms with E-state index in [-0.39, 0.29) is 5.69 Å². The Labute approximate surface area is 105 Å². The van der Waals surface area contributed by atoms with Gasteiger partial charge in [0.25, 0.3) is 5.69 Å². The minimum atomic E-state index is -0.432. The van der Waals surface area contributed by atoms with E-state index in [2.05, 4.69) is 5.32 Å². The Bertz CT molecular complexity index is 447. The summed E-state index contributed by atoms with van der Waals surface area (Å²) in [6.45, 7) is 5.84. The Hall–Kier alpha value is -1.33. The predicted molar refractivity (Wildman–Crippen MR) is 69.6 cm³/mol. The molecule has 1 rings (SSSR count). The van der Waals surface area contributed by atoms with E-state index in [1.165, 1.54) is 12.1 Å². The van der Waals surface area contributed by atoms with Crippen LogP contribution < -0.4 is 11.1 Å². The van der Waals surface area contributed by atoms with E-state index in [9.17, 15) is 10.1 Å². The molecule has 17 heavy (non-hydrogen) atoms. The molecule has 0 amide bonds. The molecule has 0 aromatic heterocycles. The van der Waals surface area contributed by atoms with Gasteiger partial charge in [0.05, 0.1) is 4.92 Å². The SMILES string of the molecule is Cc1c(Cl)ccc([N+](=O)[O-])c1NC(C)(C)CN. The van der Waals surface area contributed by atoms with E-state index >= 15 is 0 Å². The van der Waals surface area contributed by atoms with Gasteiger partial charge in [0.15, 0.2) is 0 Å². The van der Waals surface area contributed by atoms with Crippen LogP contribution in [0.3, 0.4) is 0 Å². The van der Waals surface area contributed by atoms with Crippen LogP contribution in [0.4, 0.5) is 11.4 Å². The van der Waals surface area contributed by atoms with Crippen LogP contribution in [-0.4, -0.2) is 17.0 Å². The van der Waals surface area contributed by atoms with Crippen LogP contribution >= 0.6 is 11.6 Å². The van der Waals surface area contributed by atoms with E-state index in [1.54, 1.807) is 6.92 Å². The van der Waals surface area contributed by atoms with Gasteiger partial charge in [-0.2, -0.15) is 0 Å². The number of hydrogen-bond donors (Lipinski definition) is 2. The molecule has 0 saturated heterocycles. The summed E-state index contributed by atoms with van der Waals surface area (Å²) in [4.78, 5) is 10.5. The summed E-state index contributed by atoms with van der Waals surface area (Å²) < 4.78 is 0. The molecule has 1 aromatic carbocycles. The van der Waals surface area contributed by atoms with Gasteiger partial charge in [-0.15, -0.1) is 0 Å². The molecule has 1 aromatic rings. The Morgan fingerprint density at radius 3 is 2.59 bits per heavy atom. The number of benzene rings is 1. The quantitative estimate of drug-likeness (QED) is 0.642. The van der Waals surface area contributed by atoms with Gasteiger partial charge in [-0.1, -0.05) is 11.6 Å². The minimum Gasteiger partial charge on any atom is -0.373 e. The van der Waals surface area contributed by atoms with Gasteiger partial charge in [-0.05, 0) is 32.4 Å². The standard InChI is InChI=1S/C11H16ClN3O2/c1-7-8(12)4-5-9(15(16)17)10(7)14-11(2,3)6-13/h4-5,14H,6,13H2,1-3H3. The second-order valence-electron chi connectivity index (χ2n) is 4.54. The molecule has 0 aliphatic carbocycles. The molecule has 5 nitrogen and oxygen atoms in total. The lowest BCUT2D eigenvalue weighted by molar-refractivity contribution is -0.384. The molecule has 0 radical (unpaired) electrons. The highest BCUT2D eigenvalue weighted by molar-refractivity contribution is 6.31. The van der Waals surface area contributed by atoms with Crippen LogP contribution in [0.5, 0.6) is 0 Å². The Kier molecular flexibility index (Phi) is 3.95. The highest BCUT2D eigenvalue weighted by atomic mass is 35.5. The summed E-state index contributed by atoms with van der Waals surface area (Å²) in [5.74, 6) is 0. The third kappa shape index (κ3) is 3.08. The maximum atomic E-state index is 11.0. The Balaban J connectivity index is 3.29. The van der Waals surface area contributed by atoms with Crippen molar-refractivity contribution < 1.29 is 4.92 Å². The molecule has 0 aliphatic heterocycles. The van der Waals surface area contributed by atoms with Crippen molar-refractivity contribution in [3.63, 3.8) is 0 Å². The van der Waals surface area contributed by atoms with Gasteiger partial charge in [-0.25, -0.2) is 0 Å². The third-order valence-electron chi connectivity index (χ3n) is 2.55. The third-order valence-corrected chi connectivity index (χ3v) is 2.96. The number of nitro benzene ring substituents is 1. The van der Waals surface area contributed by atoms with Crippen LogP contribution in [0.1, 0.15) is 19.4 Å². The van der Waals surface area contributed by atoms with E-state index in [4.69, 9.17) is 17.3 Å². The molecule has 0 heterocycles. The number of nitrogens with two attached hydrogens (primary N) is 1. The van der Waals surface area contributed by atoms with Crippen molar-refractivity contribution in [3.8, 4) is 0 Å². The maximum absolute atomic E-state index is 11.0. The monoisotopic (exact) mass is 257 g/mol. The molecule has 0 aliphatic rings. The number of anilines is 1. The summed E-state index contributed by atoms with van der Waals surface area (Å²) in [6.07, 6.45) is 0. The fourth-order valence-electron chi connectivity index (χ4n) is 1.37. The van der Waals surface area contributed by atoms with Crippen molar-refractivity contribution in [2.24, 2.45) is 5.73 Å². The van der Waals surface area contributed by atoms with Crippen LogP contribution in [-0.2, 0) is 0 Å². The fourth-order valence-corrected chi connectivity index (χ4v) is 1.53. The van der Waals surface area contributed by atoms with Gasteiger partial charge in [-0.3, -0.25) is 10.1 Å². The number of nitrogens with zero attached hydrogens (tertiary/aromatic N) is 1. The Morgan fingerprint density at radius 2 is 2.12 bits per heavy atom. The van der Waals surface area contributed by atoms with Crippen molar-refractivity contribution in [1.82, 2.24) is 0 Å². The molecule has 0 saturated carbocycles. The number of halogens is 1. The smallest absolute Gasteiger partial charge is 0.292 e. The van der Waals surface area contributed by atoms with Crippen molar-refractivity contribution in [2.75, 3.05) is 11.9 Å². The molecular weight excluding hydrogens is 242 g/mol. The number of hydrogen-bond acceptors (Lipinski definition) is 4. The average Bonchev–Trinajstić information content (AvgIpc) is 2.24. The molecule has 0 bridgehead atoms. The predicted octanol–water partition coefficient (Wildman–Crippen LogP) is 2.71. The Morgan fingerprint density at radius 1 is 1.53 bits per heavy atom. The van der Waals surface area contributed by atoms with Gasteiger partial charge in [0.1, 0.15) is 5.69 Å². The molecule has 3 N–H and O–H groups in total. The first-order valence-electron chi connectivity index (χ1n) is 5.20. The van der Waals surface area contributed by atoms with Crippen molar-refractivity contribution in [3.05, 3.63) is 32.8 Å². The van der Waals surface area contributed by atoms with Crippen molar-refractivity contribution >= 4 is 23.0 Å². The summed E-state index contributed by atoms with van der Waals surface area (Å²) in [5, 5.41) is 14.5. The van der Waals surface area contributed by atoms with Crippen LogP contribution in [0.25, 0.3) is 0 Å². The first-order valence-corrected chi connectivity index (χ1v) is 5.58. The molecule has 0 unspecified atom stereocenters. The van der Waals surface area contributed by atoms with E-state index in [0.29, 0.717) is 22.8 Å². The lowest BCUT2D eigenvalue weighted by atomic mass is 10.0. The zero-order valence-corrected chi connectivity index (χ0v) is 10.8. The van der Waals surface area contributed by atoms with Crippen LogP contribution in [0, 0.1) is 17.0 Å². The summed E-state index contributed by atoms with van der Waals surface area (Å²) in [6, 6.07) is 2.92. The molecule has 0 spiro atoms. The van der Waals surface area contributed by atoms with Gasteiger partial charge >= 0.3 is 0 Å². The summed E-state index contributed by atoms with van der Waals surface area (Å²) in [5.41, 5.74) is 6.26. The zero-order chi connectivity index (χ0) is 13.2. The maximum Gasteiger partial charge on any atom is 0.292 e. The molecular formula is C11H16ClN3O2. The van der Waals surface area contributed by atoms with Gasteiger partial charge in [0, 0.05) is 23.2 Å². The number of rotatable bonds is 4. The highest BCUT2D eigenvalue weighted by Crippen LogP contribution is 2.34. The second kappa shape index (κ2) is 4.89. The fraction of sp³-hybridized carbons (Fsp3) is 0.455. The van der Waals surface area contributed by atoms with Gasteiger partial charge < -0.3 is 11.1 Å².